The number of carbonyl (C=O) groups is 3. The van der Waals surface area contributed by atoms with Gasteiger partial charge in [0.1, 0.15) is 24.0 Å². The number of hydrogen-bond acceptors (Lipinski definition) is 7. The van der Waals surface area contributed by atoms with Gasteiger partial charge in [-0.3, -0.25) is 14.4 Å². The van der Waals surface area contributed by atoms with E-state index in [0.29, 0.717) is 30.7 Å². The maximum absolute atomic E-state index is 14.2. The fourth-order valence-corrected chi connectivity index (χ4v) is 5.78. The number of benzene rings is 1. The molecule has 9 heteroatoms. The highest BCUT2D eigenvalue weighted by Crippen LogP contribution is 2.58. The summed E-state index contributed by atoms with van der Waals surface area (Å²) in [5.41, 5.74) is -0.502. The van der Waals surface area contributed by atoms with Gasteiger partial charge < -0.3 is 29.1 Å². The lowest BCUT2D eigenvalue weighted by Crippen LogP contribution is -2.56. The number of fused-ring (bicyclic) bond motifs is 1. The number of methoxy groups -OCH3 is 1. The minimum Gasteiger partial charge on any atom is -0.497 e. The molecule has 5 atom stereocenters. The van der Waals surface area contributed by atoms with Crippen LogP contribution in [-0.2, 0) is 23.9 Å². The largest absolute Gasteiger partial charge is 0.497 e. The van der Waals surface area contributed by atoms with Gasteiger partial charge in [-0.05, 0) is 43.5 Å². The van der Waals surface area contributed by atoms with Gasteiger partial charge >= 0.3 is 5.97 Å². The number of aliphatic hydroxyl groups is 1. The summed E-state index contributed by atoms with van der Waals surface area (Å²) >= 11 is 0. The quantitative estimate of drug-likeness (QED) is 0.376. The fraction of sp³-hybridized carbons (Fsp3) is 0.500. The van der Waals surface area contributed by atoms with E-state index >= 15 is 0 Å². The number of aliphatic hydroxyl groups excluding tert-OH is 1. The van der Waals surface area contributed by atoms with Crippen LogP contribution < -0.4 is 9.64 Å². The molecule has 3 fully saturated rings. The lowest BCUT2D eigenvalue weighted by Gasteiger charge is -2.36. The topological polar surface area (TPSA) is 106 Å². The predicted molar refractivity (Wildman–Crippen MR) is 128 cm³/mol. The molecule has 4 rings (SSSR count). The summed E-state index contributed by atoms with van der Waals surface area (Å²) in [6, 6.07) is 6.12. The fourth-order valence-electron chi connectivity index (χ4n) is 5.78. The molecule has 9 nitrogen and oxygen atoms in total. The number of hydrogen-bond donors (Lipinski definition) is 1. The van der Waals surface area contributed by atoms with Gasteiger partial charge in [-0.15, -0.1) is 6.58 Å². The number of nitrogens with zero attached hydrogens (tertiary/aromatic N) is 2. The summed E-state index contributed by atoms with van der Waals surface area (Å²) in [5.74, 6) is -2.08. The molecule has 0 aliphatic carbocycles. The highest BCUT2D eigenvalue weighted by molar-refractivity contribution is 6.04. The van der Waals surface area contributed by atoms with Crippen LogP contribution in [0.25, 0.3) is 0 Å². The summed E-state index contributed by atoms with van der Waals surface area (Å²) in [6.07, 6.45) is 3.95. The van der Waals surface area contributed by atoms with E-state index in [2.05, 4.69) is 13.2 Å². The number of likely N-dealkylation sites (tertiary alicyclic amines) is 1. The van der Waals surface area contributed by atoms with E-state index in [1.54, 1.807) is 42.4 Å². The normalized spacial score (nSPS) is 28.5. The first-order valence-corrected chi connectivity index (χ1v) is 11.9. The molecule has 2 unspecified atom stereocenters. The molecule has 1 aromatic rings. The van der Waals surface area contributed by atoms with E-state index in [4.69, 9.17) is 14.2 Å². The summed E-state index contributed by atoms with van der Waals surface area (Å²) in [4.78, 5) is 43.8. The molecule has 2 bridgehead atoms. The van der Waals surface area contributed by atoms with Gasteiger partial charge in [0.05, 0.1) is 25.0 Å². The molecule has 3 heterocycles. The Labute approximate surface area is 204 Å². The molecule has 1 spiro atoms. The van der Waals surface area contributed by atoms with Crippen LogP contribution in [-0.4, -0.2) is 79.0 Å². The third kappa shape index (κ3) is 4.12. The van der Waals surface area contributed by atoms with Crippen LogP contribution in [0.4, 0.5) is 5.69 Å². The third-order valence-electron chi connectivity index (χ3n) is 7.17. The van der Waals surface area contributed by atoms with Crippen LogP contribution >= 0.6 is 0 Å². The van der Waals surface area contributed by atoms with Crippen LogP contribution in [0.3, 0.4) is 0 Å². The van der Waals surface area contributed by atoms with Crippen LogP contribution in [0.1, 0.15) is 19.3 Å². The smallest absolute Gasteiger partial charge is 0.312 e. The molecule has 3 aliphatic heterocycles. The Morgan fingerprint density at radius 1 is 1.29 bits per heavy atom. The second-order valence-corrected chi connectivity index (χ2v) is 9.02. The highest BCUT2D eigenvalue weighted by Gasteiger charge is 2.75. The van der Waals surface area contributed by atoms with Crippen LogP contribution in [0.5, 0.6) is 5.75 Å². The second-order valence-electron chi connectivity index (χ2n) is 9.02. The second kappa shape index (κ2) is 10.2. The van der Waals surface area contributed by atoms with E-state index in [-0.39, 0.29) is 38.1 Å². The van der Waals surface area contributed by atoms with E-state index in [9.17, 15) is 19.5 Å². The molecular weight excluding hydrogens is 452 g/mol. The zero-order chi connectivity index (χ0) is 25.2. The Balaban J connectivity index is 1.72. The number of esters is 1. The van der Waals surface area contributed by atoms with E-state index < -0.39 is 35.6 Å². The Bertz CT molecular complexity index is 994. The van der Waals surface area contributed by atoms with Crippen molar-refractivity contribution in [3.63, 3.8) is 0 Å². The minimum atomic E-state index is -1.13. The molecule has 0 saturated carbocycles. The van der Waals surface area contributed by atoms with Gasteiger partial charge in [0.25, 0.3) is 5.91 Å². The van der Waals surface area contributed by atoms with E-state index in [1.165, 1.54) is 11.0 Å². The molecule has 3 saturated heterocycles. The van der Waals surface area contributed by atoms with Crippen molar-refractivity contribution in [2.75, 3.05) is 38.3 Å². The molecule has 2 amide bonds. The van der Waals surface area contributed by atoms with Crippen molar-refractivity contribution in [1.82, 2.24) is 4.90 Å². The number of ether oxygens (including phenoxy) is 3. The molecule has 35 heavy (non-hydrogen) atoms. The van der Waals surface area contributed by atoms with Crippen molar-refractivity contribution in [3.05, 3.63) is 49.6 Å². The maximum atomic E-state index is 14.2. The SMILES string of the molecule is C=CCOC(=O)[C@@H]1[C@H]2C(=O)N(CCCO)C(C(=O)N(CC=C)c3ccc(OC)cc3)C23CC[C@H]1O3. The zero-order valence-corrected chi connectivity index (χ0v) is 19.9. The van der Waals surface area contributed by atoms with Crippen molar-refractivity contribution >= 4 is 23.5 Å². The summed E-state index contributed by atoms with van der Waals surface area (Å²) in [5, 5.41) is 9.46. The van der Waals surface area contributed by atoms with E-state index in [0.717, 1.165) is 0 Å². The molecule has 1 N–H and O–H groups in total. The number of carbonyl (C=O) groups excluding carboxylic acids is 3. The Hall–Kier alpha value is -3.17. The molecule has 188 valence electrons. The number of rotatable bonds is 11. The molecule has 0 radical (unpaired) electrons. The summed E-state index contributed by atoms with van der Waals surface area (Å²) < 4.78 is 16.9. The standard InChI is InChI=1S/C26H32N2O7/c1-4-13-27(17-7-9-18(33-3)10-8-17)24(31)22-26-12-11-19(35-26)20(25(32)34-16-5-2)21(26)23(30)28(22)14-6-15-29/h4-5,7-10,19-22,29H,1-2,6,11-16H2,3H3/t19-,20+,21+,22?,26?/m1/s1. The molecular formula is C26H32N2O7. The average Bonchev–Trinajstić information content (AvgIpc) is 3.51. The summed E-state index contributed by atoms with van der Waals surface area (Å²) in [6.45, 7) is 7.67. The van der Waals surface area contributed by atoms with Crippen molar-refractivity contribution in [3.8, 4) is 5.75 Å². The van der Waals surface area contributed by atoms with Crippen LogP contribution in [0.2, 0.25) is 0 Å². The molecule has 1 aromatic carbocycles. The van der Waals surface area contributed by atoms with Gasteiger partial charge in [0.2, 0.25) is 5.91 Å². The Morgan fingerprint density at radius 2 is 2.03 bits per heavy atom. The van der Waals surface area contributed by atoms with Crippen molar-refractivity contribution in [2.45, 2.75) is 37.0 Å². The first kappa shape index (κ1) is 24.9. The zero-order valence-electron chi connectivity index (χ0n) is 19.9. The highest BCUT2D eigenvalue weighted by atomic mass is 16.6. The first-order valence-electron chi connectivity index (χ1n) is 11.9. The van der Waals surface area contributed by atoms with Crippen LogP contribution in [0, 0.1) is 11.8 Å². The molecule has 3 aliphatic rings. The summed E-state index contributed by atoms with van der Waals surface area (Å²) in [7, 11) is 1.56. The molecule has 0 aromatic heterocycles. The number of amides is 2. The van der Waals surface area contributed by atoms with Gasteiger partial charge in [0.15, 0.2) is 0 Å². The maximum Gasteiger partial charge on any atom is 0.312 e. The number of anilines is 1. The average molecular weight is 485 g/mol. The van der Waals surface area contributed by atoms with Crippen molar-refractivity contribution < 1.29 is 33.7 Å². The van der Waals surface area contributed by atoms with Crippen molar-refractivity contribution in [2.24, 2.45) is 11.8 Å². The van der Waals surface area contributed by atoms with Gasteiger partial charge in [-0.25, -0.2) is 0 Å². The van der Waals surface area contributed by atoms with Crippen molar-refractivity contribution in [1.29, 1.82) is 0 Å². The Morgan fingerprint density at radius 3 is 2.66 bits per heavy atom. The monoisotopic (exact) mass is 484 g/mol. The third-order valence-corrected chi connectivity index (χ3v) is 7.17. The first-order chi connectivity index (χ1) is 16.9. The van der Waals surface area contributed by atoms with Gasteiger partial charge in [-0.1, -0.05) is 18.7 Å². The van der Waals surface area contributed by atoms with E-state index in [1.807, 2.05) is 0 Å². The minimum absolute atomic E-state index is 0.0388. The van der Waals surface area contributed by atoms with Gasteiger partial charge in [0, 0.05) is 25.4 Å². The lowest BCUT2D eigenvalue weighted by atomic mass is 9.70. The van der Waals surface area contributed by atoms with Gasteiger partial charge in [-0.2, -0.15) is 0 Å². The predicted octanol–water partition coefficient (Wildman–Crippen LogP) is 1.70. The Kier molecular flexibility index (Phi) is 7.28. The van der Waals surface area contributed by atoms with Crippen LogP contribution in [0.15, 0.2) is 49.6 Å². The lowest BCUT2D eigenvalue weighted by molar-refractivity contribution is -0.154.